The fourth-order valence-corrected chi connectivity index (χ4v) is 2.01. The number of carbonyl (C=O) groups is 1. The quantitative estimate of drug-likeness (QED) is 0.364. The minimum atomic E-state index is -0.820. The molecule has 0 aliphatic carbocycles. The molecule has 0 amide bonds. The zero-order chi connectivity index (χ0) is 17.0. The van der Waals surface area contributed by atoms with Gasteiger partial charge in [0.2, 0.25) is 0 Å². The molecule has 1 aromatic carbocycles. The van der Waals surface area contributed by atoms with Crippen molar-refractivity contribution in [2.24, 2.45) is 0 Å². The monoisotopic (exact) mass is 315 g/mol. The maximum atomic E-state index is 12.2. The lowest BCUT2D eigenvalue weighted by Gasteiger charge is -2.04. The molecule has 0 fully saturated rings. The number of ketones is 1. The van der Waals surface area contributed by atoms with Gasteiger partial charge in [0.25, 0.3) is 5.69 Å². The van der Waals surface area contributed by atoms with Gasteiger partial charge in [-0.05, 0) is 25.1 Å². The number of para-hydroxylation sites is 1. The Hall–Kier alpha value is -3.22. The van der Waals surface area contributed by atoms with Crippen molar-refractivity contribution in [1.29, 1.82) is 0 Å². The van der Waals surface area contributed by atoms with E-state index in [0.29, 0.717) is 5.76 Å². The van der Waals surface area contributed by atoms with Crippen LogP contribution in [-0.2, 0) is 0 Å². The fraction of sp³-hybridized carbons (Fsp3) is 0.125. The van der Waals surface area contributed by atoms with Gasteiger partial charge in [0.05, 0.1) is 17.6 Å². The van der Waals surface area contributed by atoms with Crippen molar-refractivity contribution in [1.82, 2.24) is 0 Å². The van der Waals surface area contributed by atoms with E-state index in [9.17, 15) is 19.7 Å². The van der Waals surface area contributed by atoms with Crippen LogP contribution in [0.3, 0.4) is 0 Å². The van der Waals surface area contributed by atoms with Gasteiger partial charge in [0.15, 0.2) is 5.78 Å². The molecule has 0 N–H and O–H groups in total. The molecule has 2 rings (SSSR count). The molecule has 1 heterocycles. The van der Waals surface area contributed by atoms with E-state index in [1.165, 1.54) is 37.5 Å². The highest BCUT2D eigenvalue weighted by Crippen LogP contribution is 2.21. The number of hydrogen-bond acceptors (Lipinski definition) is 6. The summed E-state index contributed by atoms with van der Waals surface area (Å²) < 4.78 is 9.91. The van der Waals surface area contributed by atoms with Crippen molar-refractivity contribution < 1.29 is 18.9 Å². The molecule has 118 valence electrons. The molecule has 1 aromatic heterocycles. The van der Waals surface area contributed by atoms with Gasteiger partial charge in [0.1, 0.15) is 17.1 Å². The van der Waals surface area contributed by atoms with Gasteiger partial charge in [-0.15, -0.1) is 0 Å². The van der Waals surface area contributed by atoms with Gasteiger partial charge in [-0.3, -0.25) is 14.9 Å². The standard InChI is InChI=1S/C16H13NO6/c1-10-9-14(22-2)15(16(19)23-10)13(18)8-7-11-5-3-4-6-12(11)17(20)21/h3-9H,1-2H3. The molecule has 0 aliphatic heterocycles. The molecule has 0 bridgehead atoms. The number of benzene rings is 1. The van der Waals surface area contributed by atoms with Crippen LogP contribution in [0.25, 0.3) is 6.08 Å². The third-order valence-corrected chi connectivity index (χ3v) is 3.05. The van der Waals surface area contributed by atoms with Crippen molar-refractivity contribution in [2.45, 2.75) is 6.92 Å². The first-order valence-corrected chi connectivity index (χ1v) is 6.58. The van der Waals surface area contributed by atoms with Crippen LogP contribution >= 0.6 is 0 Å². The fourth-order valence-electron chi connectivity index (χ4n) is 2.01. The molecule has 23 heavy (non-hydrogen) atoms. The SMILES string of the molecule is COc1cc(C)oc(=O)c1C(=O)C=Cc1ccccc1[N+](=O)[O-]. The van der Waals surface area contributed by atoms with E-state index in [0.717, 1.165) is 6.08 Å². The number of allylic oxidation sites excluding steroid dienone is 1. The number of nitro benzene ring substituents is 1. The summed E-state index contributed by atoms with van der Waals surface area (Å²) in [5, 5.41) is 10.9. The normalized spacial score (nSPS) is 10.7. The average Bonchev–Trinajstić information content (AvgIpc) is 2.51. The second-order valence-electron chi connectivity index (χ2n) is 4.60. The van der Waals surface area contributed by atoms with Crippen molar-refractivity contribution in [3.63, 3.8) is 0 Å². The molecule has 0 saturated carbocycles. The molecule has 0 unspecified atom stereocenters. The van der Waals surface area contributed by atoms with E-state index in [1.807, 2.05) is 0 Å². The van der Waals surface area contributed by atoms with Gasteiger partial charge < -0.3 is 9.15 Å². The Kier molecular flexibility index (Phi) is 4.70. The van der Waals surface area contributed by atoms with Crippen LogP contribution in [-0.4, -0.2) is 17.8 Å². The summed E-state index contributed by atoms with van der Waals surface area (Å²) in [5.74, 6) is -0.254. The second-order valence-corrected chi connectivity index (χ2v) is 4.60. The summed E-state index contributed by atoms with van der Waals surface area (Å²) in [6, 6.07) is 7.38. The van der Waals surface area contributed by atoms with Crippen molar-refractivity contribution >= 4 is 17.5 Å². The Bertz CT molecular complexity index is 850. The summed E-state index contributed by atoms with van der Waals surface area (Å²) in [6.07, 6.45) is 2.35. The van der Waals surface area contributed by atoms with Gasteiger partial charge in [-0.25, -0.2) is 4.79 Å². The highest BCUT2D eigenvalue weighted by molar-refractivity contribution is 6.08. The first kappa shape index (κ1) is 16.2. The molecule has 7 nitrogen and oxygen atoms in total. The molecular formula is C16H13NO6. The minimum absolute atomic E-state index is 0.0935. The number of ether oxygens (including phenoxy) is 1. The van der Waals surface area contributed by atoms with Crippen LogP contribution < -0.4 is 10.4 Å². The van der Waals surface area contributed by atoms with Crippen molar-refractivity contribution in [2.75, 3.05) is 7.11 Å². The molecule has 0 spiro atoms. The Morgan fingerprint density at radius 2 is 2.04 bits per heavy atom. The van der Waals surface area contributed by atoms with E-state index in [2.05, 4.69) is 0 Å². The Balaban J connectivity index is 2.41. The van der Waals surface area contributed by atoms with Crippen LogP contribution in [0.5, 0.6) is 5.75 Å². The highest BCUT2D eigenvalue weighted by atomic mass is 16.6. The lowest BCUT2D eigenvalue weighted by Crippen LogP contribution is -2.14. The van der Waals surface area contributed by atoms with E-state index in [-0.39, 0.29) is 22.6 Å². The van der Waals surface area contributed by atoms with Crippen LogP contribution in [0.4, 0.5) is 5.69 Å². The van der Waals surface area contributed by atoms with Crippen LogP contribution in [0, 0.1) is 17.0 Å². The van der Waals surface area contributed by atoms with Gasteiger partial charge in [-0.2, -0.15) is 0 Å². The van der Waals surface area contributed by atoms with Crippen molar-refractivity contribution in [3.8, 4) is 5.75 Å². The average molecular weight is 315 g/mol. The third kappa shape index (κ3) is 3.52. The molecule has 0 aliphatic rings. The first-order chi connectivity index (χ1) is 10.9. The van der Waals surface area contributed by atoms with Gasteiger partial charge in [-0.1, -0.05) is 12.1 Å². The minimum Gasteiger partial charge on any atom is -0.496 e. The number of nitrogens with zero attached hydrogens (tertiary/aromatic N) is 1. The maximum absolute atomic E-state index is 12.2. The lowest BCUT2D eigenvalue weighted by atomic mass is 10.1. The maximum Gasteiger partial charge on any atom is 0.351 e. The lowest BCUT2D eigenvalue weighted by molar-refractivity contribution is -0.385. The summed E-state index contributed by atoms with van der Waals surface area (Å²) in [5.41, 5.74) is -0.965. The summed E-state index contributed by atoms with van der Waals surface area (Å²) in [6.45, 7) is 1.56. The van der Waals surface area contributed by atoms with E-state index in [4.69, 9.17) is 9.15 Å². The third-order valence-electron chi connectivity index (χ3n) is 3.05. The number of hydrogen-bond donors (Lipinski definition) is 0. The Morgan fingerprint density at radius 1 is 1.35 bits per heavy atom. The predicted octanol–water partition coefficient (Wildman–Crippen LogP) is 2.76. The van der Waals surface area contributed by atoms with E-state index >= 15 is 0 Å². The topological polar surface area (TPSA) is 99.7 Å². The second kappa shape index (κ2) is 6.69. The van der Waals surface area contributed by atoms with Gasteiger partial charge in [0, 0.05) is 12.1 Å². The first-order valence-electron chi connectivity index (χ1n) is 6.58. The van der Waals surface area contributed by atoms with Crippen LogP contribution in [0.15, 0.2) is 45.6 Å². The smallest absolute Gasteiger partial charge is 0.351 e. The number of carbonyl (C=O) groups excluding carboxylic acids is 1. The number of methoxy groups -OCH3 is 1. The molecule has 2 aromatic rings. The summed E-state index contributed by atoms with van der Waals surface area (Å²) in [7, 11) is 1.33. The molecule has 7 heteroatoms. The largest absolute Gasteiger partial charge is 0.496 e. The molecule has 0 atom stereocenters. The summed E-state index contributed by atoms with van der Waals surface area (Å²) in [4.78, 5) is 34.4. The van der Waals surface area contributed by atoms with Crippen LogP contribution in [0.1, 0.15) is 21.7 Å². The van der Waals surface area contributed by atoms with E-state index < -0.39 is 16.3 Å². The molecule has 0 saturated heterocycles. The number of nitro groups is 1. The molecular weight excluding hydrogens is 302 g/mol. The van der Waals surface area contributed by atoms with Crippen molar-refractivity contribution in [3.05, 3.63) is 73.8 Å². The Morgan fingerprint density at radius 3 is 2.70 bits per heavy atom. The predicted molar refractivity (Wildman–Crippen MR) is 82.7 cm³/mol. The number of aryl methyl sites for hydroxylation is 1. The zero-order valence-corrected chi connectivity index (χ0v) is 12.4. The summed E-state index contributed by atoms with van der Waals surface area (Å²) >= 11 is 0. The van der Waals surface area contributed by atoms with Crippen LogP contribution in [0.2, 0.25) is 0 Å². The number of rotatable bonds is 5. The highest BCUT2D eigenvalue weighted by Gasteiger charge is 2.18. The van der Waals surface area contributed by atoms with E-state index in [1.54, 1.807) is 13.0 Å². The zero-order valence-electron chi connectivity index (χ0n) is 12.4. The Labute approximate surface area is 131 Å². The van der Waals surface area contributed by atoms with Gasteiger partial charge >= 0.3 is 5.63 Å². The molecule has 0 radical (unpaired) electrons.